The minimum atomic E-state index is 0.0782. The molecule has 0 aliphatic rings. The number of benzene rings is 1. The molecule has 3 heteroatoms. The van der Waals surface area contributed by atoms with Crippen LogP contribution in [0.4, 0.5) is 0 Å². The number of hydrogen-bond acceptors (Lipinski definition) is 3. The molecule has 98 valence electrons. The molecule has 0 N–H and O–H groups in total. The number of hydrogen-bond donors (Lipinski definition) is 0. The third-order valence-corrected chi connectivity index (χ3v) is 3.05. The number of nitrogens with zero attached hydrogens (tertiary/aromatic N) is 2. The second-order valence-electron chi connectivity index (χ2n) is 5.01. The molecule has 0 saturated heterocycles. The first-order valence-electron chi connectivity index (χ1n) is 6.37. The van der Waals surface area contributed by atoms with Gasteiger partial charge in [-0.3, -0.25) is 4.79 Å². The Morgan fingerprint density at radius 3 is 2.37 bits per heavy atom. The molecule has 0 saturated carbocycles. The molecule has 0 radical (unpaired) electrons. The van der Waals surface area contributed by atoms with Crippen molar-refractivity contribution < 1.29 is 4.79 Å². The zero-order chi connectivity index (χ0) is 14.0. The summed E-state index contributed by atoms with van der Waals surface area (Å²) < 4.78 is 0. The van der Waals surface area contributed by atoms with Gasteiger partial charge in [-0.15, -0.1) is 0 Å². The number of carbonyl (C=O) groups is 1. The van der Waals surface area contributed by atoms with Crippen molar-refractivity contribution >= 4 is 5.78 Å². The summed E-state index contributed by atoms with van der Waals surface area (Å²) in [5.41, 5.74) is 5.67. The van der Waals surface area contributed by atoms with Crippen molar-refractivity contribution in [1.29, 1.82) is 0 Å². The van der Waals surface area contributed by atoms with Crippen molar-refractivity contribution in [2.45, 2.75) is 34.1 Å². The molecule has 0 bridgehead atoms. The highest BCUT2D eigenvalue weighted by atomic mass is 16.1. The second kappa shape index (κ2) is 5.31. The Morgan fingerprint density at radius 1 is 1.16 bits per heavy atom. The fraction of sp³-hybridized carbons (Fsp3) is 0.312. The first-order valence-corrected chi connectivity index (χ1v) is 6.37. The molecule has 0 fully saturated rings. The van der Waals surface area contributed by atoms with Crippen molar-refractivity contribution in [3.63, 3.8) is 0 Å². The molecule has 0 aliphatic carbocycles. The molecular formula is C16H18N2O. The number of aromatic nitrogens is 2. The normalized spacial score (nSPS) is 10.5. The summed E-state index contributed by atoms with van der Waals surface area (Å²) >= 11 is 0. The molecule has 0 aliphatic heterocycles. The summed E-state index contributed by atoms with van der Waals surface area (Å²) in [5, 5.41) is 0. The van der Waals surface area contributed by atoms with Crippen LogP contribution in [0.3, 0.4) is 0 Å². The molecule has 0 unspecified atom stereocenters. The molecule has 3 nitrogen and oxygen atoms in total. The van der Waals surface area contributed by atoms with E-state index in [2.05, 4.69) is 42.9 Å². The highest BCUT2D eigenvalue weighted by molar-refractivity contribution is 5.77. The van der Waals surface area contributed by atoms with Gasteiger partial charge in [-0.2, -0.15) is 0 Å². The Hall–Kier alpha value is -2.03. The maximum absolute atomic E-state index is 11.2. The Morgan fingerprint density at radius 2 is 1.79 bits per heavy atom. The minimum Gasteiger partial charge on any atom is -0.300 e. The minimum absolute atomic E-state index is 0.0782. The Kier molecular flexibility index (Phi) is 3.74. The monoisotopic (exact) mass is 254 g/mol. The summed E-state index contributed by atoms with van der Waals surface area (Å²) in [5.74, 6) is 0.666. The van der Waals surface area contributed by atoms with E-state index in [1.165, 1.54) is 16.7 Å². The fourth-order valence-electron chi connectivity index (χ4n) is 2.43. The molecule has 0 amide bonds. The summed E-state index contributed by atoms with van der Waals surface area (Å²) in [7, 11) is 0. The van der Waals surface area contributed by atoms with Crippen LogP contribution in [-0.2, 0) is 11.2 Å². The molecule has 19 heavy (non-hydrogen) atoms. The fourth-order valence-corrected chi connectivity index (χ4v) is 2.43. The molecule has 1 aromatic carbocycles. The van der Waals surface area contributed by atoms with Gasteiger partial charge < -0.3 is 0 Å². The van der Waals surface area contributed by atoms with Crippen LogP contribution in [0.25, 0.3) is 11.3 Å². The Labute approximate surface area is 113 Å². The highest BCUT2D eigenvalue weighted by Gasteiger charge is 2.10. The second-order valence-corrected chi connectivity index (χ2v) is 5.01. The number of rotatable bonds is 3. The molecule has 1 heterocycles. The zero-order valence-corrected chi connectivity index (χ0v) is 11.8. The lowest BCUT2D eigenvalue weighted by atomic mass is 9.97. The van der Waals surface area contributed by atoms with Crippen molar-refractivity contribution in [2.75, 3.05) is 0 Å². The lowest BCUT2D eigenvalue weighted by Gasteiger charge is -2.11. The van der Waals surface area contributed by atoms with E-state index in [1.54, 1.807) is 13.1 Å². The SMILES string of the molecule is CC(=O)Cc1nccc(-c2c(C)cc(C)cc2C)n1. The molecule has 0 atom stereocenters. The van der Waals surface area contributed by atoms with Crippen LogP contribution in [-0.4, -0.2) is 15.8 Å². The molecule has 2 aromatic rings. The van der Waals surface area contributed by atoms with Gasteiger partial charge >= 0.3 is 0 Å². The standard InChI is InChI=1S/C16H18N2O/c1-10-7-11(2)16(12(3)8-10)14-5-6-17-15(18-14)9-13(4)19/h5-8H,9H2,1-4H3. The number of Topliss-reactive ketones (excluding diaryl/α,β-unsaturated/α-hetero) is 1. The third kappa shape index (κ3) is 3.05. The van der Waals surface area contributed by atoms with Crippen molar-refractivity contribution in [3.8, 4) is 11.3 Å². The van der Waals surface area contributed by atoms with Crippen LogP contribution in [0.1, 0.15) is 29.4 Å². The largest absolute Gasteiger partial charge is 0.300 e. The van der Waals surface area contributed by atoms with E-state index in [9.17, 15) is 4.79 Å². The molecular weight excluding hydrogens is 236 g/mol. The van der Waals surface area contributed by atoms with E-state index >= 15 is 0 Å². The van der Waals surface area contributed by atoms with Crippen LogP contribution in [0, 0.1) is 20.8 Å². The van der Waals surface area contributed by atoms with Crippen LogP contribution in [0.15, 0.2) is 24.4 Å². The van der Waals surface area contributed by atoms with Crippen LogP contribution in [0.2, 0.25) is 0 Å². The third-order valence-electron chi connectivity index (χ3n) is 3.05. The van der Waals surface area contributed by atoms with Gasteiger partial charge in [0, 0.05) is 11.8 Å². The van der Waals surface area contributed by atoms with Crippen LogP contribution in [0.5, 0.6) is 0 Å². The van der Waals surface area contributed by atoms with Gasteiger partial charge in [0.05, 0.1) is 12.1 Å². The summed E-state index contributed by atoms with van der Waals surface area (Å²) in [6, 6.07) is 6.19. The van der Waals surface area contributed by atoms with E-state index in [1.807, 2.05) is 6.07 Å². The average Bonchev–Trinajstić information content (AvgIpc) is 2.26. The lowest BCUT2D eigenvalue weighted by Crippen LogP contribution is -2.03. The number of carbonyl (C=O) groups excluding carboxylic acids is 1. The zero-order valence-electron chi connectivity index (χ0n) is 11.8. The van der Waals surface area contributed by atoms with Gasteiger partial charge in [-0.05, 0) is 44.9 Å². The van der Waals surface area contributed by atoms with E-state index in [0.29, 0.717) is 5.82 Å². The molecule has 1 aromatic heterocycles. The predicted molar refractivity (Wildman–Crippen MR) is 76.1 cm³/mol. The van der Waals surface area contributed by atoms with E-state index < -0.39 is 0 Å². The van der Waals surface area contributed by atoms with Gasteiger partial charge in [0.15, 0.2) is 0 Å². The van der Waals surface area contributed by atoms with E-state index in [-0.39, 0.29) is 12.2 Å². The molecule has 0 spiro atoms. The van der Waals surface area contributed by atoms with E-state index in [0.717, 1.165) is 11.3 Å². The summed E-state index contributed by atoms with van der Waals surface area (Å²) in [6.07, 6.45) is 2.01. The average molecular weight is 254 g/mol. The number of ketones is 1. The quantitative estimate of drug-likeness (QED) is 0.844. The van der Waals surface area contributed by atoms with Gasteiger partial charge in [-0.25, -0.2) is 9.97 Å². The molecule has 2 rings (SSSR count). The number of aryl methyl sites for hydroxylation is 3. The lowest BCUT2D eigenvalue weighted by molar-refractivity contribution is -0.116. The Balaban J connectivity index is 2.50. The van der Waals surface area contributed by atoms with Crippen LogP contribution < -0.4 is 0 Å². The van der Waals surface area contributed by atoms with Gasteiger partial charge in [-0.1, -0.05) is 17.7 Å². The van der Waals surface area contributed by atoms with Gasteiger partial charge in [0.25, 0.3) is 0 Å². The maximum atomic E-state index is 11.2. The Bertz CT molecular complexity index is 609. The van der Waals surface area contributed by atoms with Gasteiger partial charge in [0.2, 0.25) is 0 Å². The van der Waals surface area contributed by atoms with Gasteiger partial charge in [0.1, 0.15) is 11.6 Å². The topological polar surface area (TPSA) is 42.9 Å². The first kappa shape index (κ1) is 13.4. The maximum Gasteiger partial charge on any atom is 0.137 e. The first-order chi connectivity index (χ1) is 8.97. The summed E-state index contributed by atoms with van der Waals surface area (Å²) in [4.78, 5) is 19.8. The predicted octanol–water partition coefficient (Wildman–Crippen LogP) is 3.20. The van der Waals surface area contributed by atoms with Crippen molar-refractivity contribution in [3.05, 3.63) is 46.9 Å². The van der Waals surface area contributed by atoms with Crippen LogP contribution >= 0.6 is 0 Å². The smallest absolute Gasteiger partial charge is 0.137 e. The van der Waals surface area contributed by atoms with E-state index in [4.69, 9.17) is 0 Å². The van der Waals surface area contributed by atoms with Crippen molar-refractivity contribution in [1.82, 2.24) is 9.97 Å². The highest BCUT2D eigenvalue weighted by Crippen LogP contribution is 2.26. The van der Waals surface area contributed by atoms with Crippen molar-refractivity contribution in [2.24, 2.45) is 0 Å². The summed E-state index contributed by atoms with van der Waals surface area (Å²) in [6.45, 7) is 7.81.